The third-order valence-corrected chi connectivity index (χ3v) is 3.21. The van der Waals surface area contributed by atoms with Crippen LogP contribution in [0.2, 0.25) is 0 Å². The number of ether oxygens (including phenoxy) is 3. The highest BCUT2D eigenvalue weighted by atomic mass is 16.7. The lowest BCUT2D eigenvalue weighted by molar-refractivity contribution is 0.173. The molecule has 1 aliphatic heterocycles. The SMILES string of the molecule is CNCc1cc2c(cc1OCCC(C)(C)C#N)OCO2. The average Bonchev–Trinajstić information content (AvgIpc) is 2.86. The number of nitrogens with one attached hydrogen (secondary N) is 1. The van der Waals surface area contributed by atoms with Gasteiger partial charge >= 0.3 is 0 Å². The van der Waals surface area contributed by atoms with Gasteiger partial charge < -0.3 is 19.5 Å². The molecular weight excluding hydrogens is 256 g/mol. The molecule has 0 radical (unpaired) electrons. The zero-order valence-electron chi connectivity index (χ0n) is 12.2. The van der Waals surface area contributed by atoms with Gasteiger partial charge in [-0.1, -0.05) is 0 Å². The van der Waals surface area contributed by atoms with E-state index in [-0.39, 0.29) is 12.2 Å². The summed E-state index contributed by atoms with van der Waals surface area (Å²) in [6, 6.07) is 6.06. The van der Waals surface area contributed by atoms with Crippen LogP contribution in [0.3, 0.4) is 0 Å². The van der Waals surface area contributed by atoms with Crippen LogP contribution >= 0.6 is 0 Å². The van der Waals surface area contributed by atoms with Crippen LogP contribution in [0, 0.1) is 16.7 Å². The first kappa shape index (κ1) is 14.5. The van der Waals surface area contributed by atoms with E-state index in [1.807, 2.05) is 33.0 Å². The molecule has 1 aromatic carbocycles. The third kappa shape index (κ3) is 3.34. The van der Waals surface area contributed by atoms with E-state index < -0.39 is 0 Å². The number of hydrogen-bond donors (Lipinski definition) is 1. The molecule has 1 heterocycles. The monoisotopic (exact) mass is 276 g/mol. The molecule has 0 bridgehead atoms. The minimum Gasteiger partial charge on any atom is -0.493 e. The van der Waals surface area contributed by atoms with Gasteiger partial charge in [-0.25, -0.2) is 0 Å². The van der Waals surface area contributed by atoms with E-state index in [1.165, 1.54) is 0 Å². The summed E-state index contributed by atoms with van der Waals surface area (Å²) >= 11 is 0. The summed E-state index contributed by atoms with van der Waals surface area (Å²) in [5.41, 5.74) is 0.644. The van der Waals surface area contributed by atoms with E-state index in [2.05, 4.69) is 11.4 Å². The fourth-order valence-corrected chi connectivity index (χ4v) is 1.90. The molecule has 0 amide bonds. The van der Waals surface area contributed by atoms with Gasteiger partial charge in [0, 0.05) is 18.2 Å². The molecule has 5 heteroatoms. The second kappa shape index (κ2) is 6.02. The molecule has 108 valence electrons. The normalized spacial score (nSPS) is 13.1. The van der Waals surface area contributed by atoms with Crippen molar-refractivity contribution in [1.29, 1.82) is 5.26 Å². The van der Waals surface area contributed by atoms with Crippen LogP contribution in [0.4, 0.5) is 0 Å². The van der Waals surface area contributed by atoms with Gasteiger partial charge in [-0.3, -0.25) is 0 Å². The second-order valence-electron chi connectivity index (χ2n) is 5.44. The number of fused-ring (bicyclic) bond motifs is 1. The Hall–Kier alpha value is -1.93. The van der Waals surface area contributed by atoms with Gasteiger partial charge in [-0.05, 0) is 33.4 Å². The Labute approximate surface area is 119 Å². The lowest BCUT2D eigenvalue weighted by atomic mass is 9.92. The van der Waals surface area contributed by atoms with Crippen molar-refractivity contribution in [1.82, 2.24) is 5.32 Å². The summed E-state index contributed by atoms with van der Waals surface area (Å²) < 4.78 is 16.6. The Bertz CT molecular complexity index is 521. The lowest BCUT2D eigenvalue weighted by Crippen LogP contribution is -2.14. The first-order valence-electron chi connectivity index (χ1n) is 6.67. The van der Waals surface area contributed by atoms with Crippen molar-refractivity contribution in [2.24, 2.45) is 5.41 Å². The van der Waals surface area contributed by atoms with Gasteiger partial charge in [-0.2, -0.15) is 5.26 Å². The number of benzene rings is 1. The maximum atomic E-state index is 9.00. The fraction of sp³-hybridized carbons (Fsp3) is 0.533. The van der Waals surface area contributed by atoms with E-state index in [0.717, 1.165) is 17.1 Å². The zero-order chi connectivity index (χ0) is 14.6. The molecule has 1 aromatic rings. The van der Waals surface area contributed by atoms with E-state index in [1.54, 1.807) is 0 Å². The summed E-state index contributed by atoms with van der Waals surface area (Å²) in [5.74, 6) is 2.23. The Morgan fingerprint density at radius 1 is 1.35 bits per heavy atom. The Kier molecular flexibility index (Phi) is 4.35. The molecule has 2 rings (SSSR count). The Balaban J connectivity index is 2.08. The molecule has 1 N–H and O–H groups in total. The Morgan fingerprint density at radius 2 is 2.05 bits per heavy atom. The molecule has 20 heavy (non-hydrogen) atoms. The largest absolute Gasteiger partial charge is 0.493 e. The van der Waals surface area contributed by atoms with Gasteiger partial charge in [0.15, 0.2) is 11.5 Å². The summed E-state index contributed by atoms with van der Waals surface area (Å²) in [7, 11) is 1.88. The van der Waals surface area contributed by atoms with Crippen molar-refractivity contribution < 1.29 is 14.2 Å². The standard InChI is InChI=1S/C15H20N2O3/c1-15(2,9-16)4-5-18-12-7-14-13(19-10-20-14)6-11(12)8-17-3/h6-7,17H,4-5,8,10H2,1-3H3. The molecule has 0 saturated heterocycles. The average molecular weight is 276 g/mol. The van der Waals surface area contributed by atoms with Gasteiger partial charge in [0.1, 0.15) is 5.75 Å². The summed E-state index contributed by atoms with van der Waals surface area (Å²) in [5, 5.41) is 12.1. The van der Waals surface area contributed by atoms with Crippen molar-refractivity contribution in [3.8, 4) is 23.3 Å². The van der Waals surface area contributed by atoms with Crippen molar-refractivity contribution in [2.75, 3.05) is 20.4 Å². The topological polar surface area (TPSA) is 63.5 Å². The summed E-state index contributed by atoms with van der Waals surface area (Å²) in [6.07, 6.45) is 0.678. The van der Waals surface area contributed by atoms with Crippen LogP contribution < -0.4 is 19.5 Å². The predicted octanol–water partition coefficient (Wildman–Crippen LogP) is 2.45. The molecule has 0 unspecified atom stereocenters. The van der Waals surface area contributed by atoms with E-state index in [9.17, 15) is 0 Å². The van der Waals surface area contributed by atoms with Crippen LogP contribution in [0.25, 0.3) is 0 Å². The van der Waals surface area contributed by atoms with Crippen molar-refractivity contribution >= 4 is 0 Å². The summed E-state index contributed by atoms with van der Waals surface area (Å²) in [4.78, 5) is 0. The van der Waals surface area contributed by atoms with Gasteiger partial charge in [0.05, 0.1) is 18.1 Å². The minimum absolute atomic E-state index is 0.249. The minimum atomic E-state index is -0.375. The number of hydrogen-bond acceptors (Lipinski definition) is 5. The maximum absolute atomic E-state index is 9.00. The Morgan fingerprint density at radius 3 is 2.70 bits per heavy atom. The summed E-state index contributed by atoms with van der Waals surface area (Å²) in [6.45, 7) is 5.25. The van der Waals surface area contributed by atoms with Crippen molar-refractivity contribution in [3.63, 3.8) is 0 Å². The highest BCUT2D eigenvalue weighted by Gasteiger charge is 2.20. The van der Waals surface area contributed by atoms with Gasteiger partial charge in [-0.15, -0.1) is 0 Å². The molecule has 0 saturated carbocycles. The van der Waals surface area contributed by atoms with Gasteiger partial charge in [0.2, 0.25) is 6.79 Å². The fourth-order valence-electron chi connectivity index (χ4n) is 1.90. The van der Waals surface area contributed by atoms with E-state index >= 15 is 0 Å². The highest BCUT2D eigenvalue weighted by molar-refractivity contribution is 5.51. The van der Waals surface area contributed by atoms with Gasteiger partial charge in [0.25, 0.3) is 0 Å². The quantitative estimate of drug-likeness (QED) is 0.864. The number of nitrogens with zero attached hydrogens (tertiary/aromatic N) is 1. The van der Waals surface area contributed by atoms with E-state index in [0.29, 0.717) is 25.3 Å². The molecule has 0 atom stereocenters. The molecule has 0 spiro atoms. The lowest BCUT2D eigenvalue weighted by Gasteiger charge is -2.17. The molecule has 0 aliphatic carbocycles. The number of rotatable bonds is 6. The molecular formula is C15H20N2O3. The smallest absolute Gasteiger partial charge is 0.231 e. The van der Waals surface area contributed by atoms with Crippen LogP contribution in [0.5, 0.6) is 17.2 Å². The first-order chi connectivity index (χ1) is 9.55. The first-order valence-corrected chi connectivity index (χ1v) is 6.67. The van der Waals surface area contributed by atoms with Crippen LogP contribution in [0.1, 0.15) is 25.8 Å². The number of nitriles is 1. The van der Waals surface area contributed by atoms with Crippen LogP contribution in [0.15, 0.2) is 12.1 Å². The second-order valence-corrected chi connectivity index (χ2v) is 5.44. The third-order valence-electron chi connectivity index (χ3n) is 3.21. The molecule has 0 fully saturated rings. The molecule has 0 aromatic heterocycles. The van der Waals surface area contributed by atoms with Crippen LogP contribution in [-0.4, -0.2) is 20.4 Å². The molecule has 5 nitrogen and oxygen atoms in total. The van der Waals surface area contributed by atoms with Crippen LogP contribution in [-0.2, 0) is 6.54 Å². The van der Waals surface area contributed by atoms with E-state index in [4.69, 9.17) is 19.5 Å². The van der Waals surface area contributed by atoms with Crippen molar-refractivity contribution in [3.05, 3.63) is 17.7 Å². The predicted molar refractivity (Wildman–Crippen MR) is 74.8 cm³/mol. The maximum Gasteiger partial charge on any atom is 0.231 e. The highest BCUT2D eigenvalue weighted by Crippen LogP contribution is 2.38. The van der Waals surface area contributed by atoms with Crippen molar-refractivity contribution in [2.45, 2.75) is 26.8 Å². The molecule has 1 aliphatic rings. The zero-order valence-corrected chi connectivity index (χ0v) is 12.2.